The van der Waals surface area contributed by atoms with Crippen LogP contribution in [0.4, 0.5) is 0 Å². The third kappa shape index (κ3) is 3.83. The summed E-state index contributed by atoms with van der Waals surface area (Å²) in [7, 11) is -3.55. The first-order valence-electron chi connectivity index (χ1n) is 5.37. The Morgan fingerprint density at radius 2 is 2.12 bits per heavy atom. The summed E-state index contributed by atoms with van der Waals surface area (Å²) in [6.07, 6.45) is 1.68. The smallest absolute Gasteiger partial charge is 0.248 e. The van der Waals surface area contributed by atoms with E-state index in [1.165, 1.54) is 24.3 Å². The third-order valence-electron chi connectivity index (χ3n) is 2.25. The zero-order chi connectivity index (χ0) is 12.9. The zero-order valence-corrected chi connectivity index (χ0v) is 10.5. The van der Waals surface area contributed by atoms with Crippen LogP contribution in [-0.2, 0) is 10.0 Å². The molecular weight excluding hydrogens is 240 g/mol. The Bertz CT molecular complexity index is 497. The summed E-state index contributed by atoms with van der Waals surface area (Å²) in [5.41, 5.74) is 5.28. The molecule has 0 aliphatic heterocycles. The first-order valence-corrected chi connectivity index (χ1v) is 6.85. The molecule has 0 heterocycles. The van der Waals surface area contributed by atoms with Crippen LogP contribution in [-0.4, -0.2) is 20.9 Å². The molecule has 0 spiro atoms. The molecule has 1 aromatic carbocycles. The van der Waals surface area contributed by atoms with Gasteiger partial charge >= 0.3 is 0 Å². The summed E-state index contributed by atoms with van der Waals surface area (Å²) in [4.78, 5) is 11.0. The van der Waals surface area contributed by atoms with Crippen molar-refractivity contribution in [3.63, 3.8) is 0 Å². The molecule has 1 aromatic rings. The topological polar surface area (TPSA) is 89.3 Å². The molecule has 0 unspecified atom stereocenters. The summed E-state index contributed by atoms with van der Waals surface area (Å²) >= 11 is 0. The van der Waals surface area contributed by atoms with Crippen molar-refractivity contribution in [2.75, 3.05) is 6.54 Å². The fourth-order valence-corrected chi connectivity index (χ4v) is 2.40. The highest BCUT2D eigenvalue weighted by atomic mass is 32.2. The van der Waals surface area contributed by atoms with Crippen molar-refractivity contribution in [3.05, 3.63) is 29.8 Å². The number of amides is 1. The molecule has 0 fully saturated rings. The predicted molar refractivity (Wildman–Crippen MR) is 65.1 cm³/mol. The van der Waals surface area contributed by atoms with E-state index < -0.39 is 15.9 Å². The molecular formula is C11H16N2O3S. The second-order valence-electron chi connectivity index (χ2n) is 3.64. The van der Waals surface area contributed by atoms with Crippen molar-refractivity contribution in [2.24, 2.45) is 5.73 Å². The summed E-state index contributed by atoms with van der Waals surface area (Å²) in [6, 6.07) is 5.68. The Hall–Kier alpha value is -1.40. The van der Waals surface area contributed by atoms with Crippen molar-refractivity contribution < 1.29 is 13.2 Å². The van der Waals surface area contributed by atoms with Crippen LogP contribution in [0.1, 0.15) is 30.1 Å². The molecule has 3 N–H and O–H groups in total. The molecule has 0 atom stereocenters. The standard InChI is InChI=1S/C11H16N2O3S/c1-2-3-7-13-17(15,16)10-6-4-5-9(8-10)11(12)14/h4-6,8,13H,2-3,7H2,1H3,(H2,12,14). The number of rotatable bonds is 6. The first kappa shape index (κ1) is 13.7. The maximum Gasteiger partial charge on any atom is 0.248 e. The van der Waals surface area contributed by atoms with Gasteiger partial charge in [0.25, 0.3) is 0 Å². The van der Waals surface area contributed by atoms with Gasteiger partial charge in [-0.15, -0.1) is 0 Å². The van der Waals surface area contributed by atoms with Gasteiger partial charge in [-0.25, -0.2) is 13.1 Å². The maximum absolute atomic E-state index is 11.8. The maximum atomic E-state index is 11.8. The monoisotopic (exact) mass is 256 g/mol. The van der Waals surface area contributed by atoms with Crippen molar-refractivity contribution in [1.82, 2.24) is 4.72 Å². The molecule has 94 valence electrons. The molecule has 0 bridgehead atoms. The second kappa shape index (κ2) is 5.79. The quantitative estimate of drug-likeness (QED) is 0.740. The molecule has 0 aliphatic carbocycles. The minimum absolute atomic E-state index is 0.0601. The minimum atomic E-state index is -3.55. The molecule has 1 amide bonds. The van der Waals surface area contributed by atoms with E-state index in [1.54, 1.807) is 0 Å². The fourth-order valence-electron chi connectivity index (χ4n) is 1.28. The molecule has 0 aromatic heterocycles. The fraction of sp³-hybridized carbons (Fsp3) is 0.364. The number of carbonyl (C=O) groups excluding carboxylic acids is 1. The third-order valence-corrected chi connectivity index (χ3v) is 3.71. The van der Waals surface area contributed by atoms with E-state index in [0.717, 1.165) is 12.8 Å². The number of nitrogens with two attached hydrogens (primary N) is 1. The van der Waals surface area contributed by atoms with E-state index in [4.69, 9.17) is 5.73 Å². The lowest BCUT2D eigenvalue weighted by Gasteiger charge is -2.06. The van der Waals surface area contributed by atoms with Crippen LogP contribution in [0.15, 0.2) is 29.2 Å². The van der Waals surface area contributed by atoms with Crippen LogP contribution in [0.2, 0.25) is 0 Å². The van der Waals surface area contributed by atoms with E-state index in [2.05, 4.69) is 4.72 Å². The second-order valence-corrected chi connectivity index (χ2v) is 5.41. The summed E-state index contributed by atoms with van der Waals surface area (Å²) < 4.78 is 26.1. The van der Waals surface area contributed by atoms with Crippen LogP contribution in [0.5, 0.6) is 0 Å². The number of benzene rings is 1. The molecule has 0 saturated heterocycles. The summed E-state index contributed by atoms with van der Waals surface area (Å²) in [5.74, 6) is -0.643. The van der Waals surface area contributed by atoms with E-state index in [1.807, 2.05) is 6.92 Å². The zero-order valence-electron chi connectivity index (χ0n) is 9.64. The van der Waals surface area contributed by atoms with Crippen LogP contribution in [0.25, 0.3) is 0 Å². The van der Waals surface area contributed by atoms with Gasteiger partial charge in [0, 0.05) is 12.1 Å². The van der Waals surface area contributed by atoms with Gasteiger partial charge in [0.05, 0.1) is 4.90 Å². The van der Waals surface area contributed by atoms with Crippen LogP contribution in [0.3, 0.4) is 0 Å². The van der Waals surface area contributed by atoms with Crippen LogP contribution < -0.4 is 10.5 Å². The number of carbonyl (C=O) groups is 1. The van der Waals surface area contributed by atoms with Crippen molar-refractivity contribution in [2.45, 2.75) is 24.7 Å². The Labute approximate surface area is 101 Å². The molecule has 0 aliphatic rings. The first-order chi connectivity index (χ1) is 7.97. The Balaban J connectivity index is 2.91. The van der Waals surface area contributed by atoms with Gasteiger partial charge in [0.15, 0.2) is 0 Å². The highest BCUT2D eigenvalue weighted by molar-refractivity contribution is 7.89. The van der Waals surface area contributed by atoms with E-state index >= 15 is 0 Å². The highest BCUT2D eigenvalue weighted by Gasteiger charge is 2.14. The lowest BCUT2D eigenvalue weighted by Crippen LogP contribution is -2.25. The van der Waals surface area contributed by atoms with E-state index in [-0.39, 0.29) is 10.5 Å². The van der Waals surface area contributed by atoms with E-state index in [0.29, 0.717) is 6.54 Å². The average molecular weight is 256 g/mol. The molecule has 5 nitrogen and oxygen atoms in total. The van der Waals surface area contributed by atoms with Gasteiger partial charge in [-0.05, 0) is 24.6 Å². The van der Waals surface area contributed by atoms with Gasteiger partial charge < -0.3 is 5.73 Å². The summed E-state index contributed by atoms with van der Waals surface area (Å²) in [5, 5.41) is 0. The van der Waals surface area contributed by atoms with Gasteiger partial charge in [-0.3, -0.25) is 4.79 Å². The van der Waals surface area contributed by atoms with Gasteiger partial charge in [-0.2, -0.15) is 0 Å². The SMILES string of the molecule is CCCCNS(=O)(=O)c1cccc(C(N)=O)c1. The van der Waals surface area contributed by atoms with Gasteiger partial charge in [0.1, 0.15) is 0 Å². The van der Waals surface area contributed by atoms with Crippen LogP contribution >= 0.6 is 0 Å². The molecule has 0 saturated carbocycles. The lowest BCUT2D eigenvalue weighted by molar-refractivity contribution is 0.1000. The number of unbranched alkanes of at least 4 members (excludes halogenated alkanes) is 1. The van der Waals surface area contributed by atoms with Gasteiger partial charge in [-0.1, -0.05) is 19.4 Å². The number of hydrogen-bond acceptors (Lipinski definition) is 3. The van der Waals surface area contributed by atoms with E-state index in [9.17, 15) is 13.2 Å². The average Bonchev–Trinajstić information content (AvgIpc) is 2.29. The number of hydrogen-bond donors (Lipinski definition) is 2. The molecule has 1 rings (SSSR count). The Morgan fingerprint density at radius 3 is 2.71 bits per heavy atom. The Kier molecular flexibility index (Phi) is 4.65. The number of sulfonamides is 1. The van der Waals surface area contributed by atoms with Crippen LogP contribution in [0, 0.1) is 0 Å². The lowest BCUT2D eigenvalue weighted by atomic mass is 10.2. The van der Waals surface area contributed by atoms with Crippen molar-refractivity contribution in [1.29, 1.82) is 0 Å². The molecule has 17 heavy (non-hydrogen) atoms. The Morgan fingerprint density at radius 1 is 1.41 bits per heavy atom. The largest absolute Gasteiger partial charge is 0.366 e. The van der Waals surface area contributed by atoms with Gasteiger partial charge in [0.2, 0.25) is 15.9 Å². The normalized spacial score (nSPS) is 11.4. The molecule has 0 radical (unpaired) electrons. The number of nitrogens with one attached hydrogen (secondary N) is 1. The predicted octanol–water partition coefficient (Wildman–Crippen LogP) is 0.864. The van der Waals surface area contributed by atoms with Crippen molar-refractivity contribution in [3.8, 4) is 0 Å². The number of primary amides is 1. The van der Waals surface area contributed by atoms with Crippen molar-refractivity contribution >= 4 is 15.9 Å². The minimum Gasteiger partial charge on any atom is -0.366 e. The molecule has 6 heteroatoms. The summed E-state index contributed by atoms with van der Waals surface area (Å²) in [6.45, 7) is 2.36. The highest BCUT2D eigenvalue weighted by Crippen LogP contribution is 2.11.